The number of hydrogen-bond donors (Lipinski definition) is 3. The van der Waals surface area contributed by atoms with Crippen LogP contribution in [0.5, 0.6) is 0 Å². The first-order chi connectivity index (χ1) is 7.57. The van der Waals surface area contributed by atoms with Crippen LogP contribution in [0, 0.1) is 0 Å². The van der Waals surface area contributed by atoms with Crippen molar-refractivity contribution in [2.75, 3.05) is 20.1 Å². The smallest absolute Gasteiger partial charge is 0.314 e. The van der Waals surface area contributed by atoms with Gasteiger partial charge in [-0.15, -0.1) is 0 Å². The van der Waals surface area contributed by atoms with Crippen molar-refractivity contribution in [3.63, 3.8) is 0 Å². The fraction of sp³-hybridized carbons (Fsp3) is 0.778. The van der Waals surface area contributed by atoms with Gasteiger partial charge in [0.1, 0.15) is 0 Å². The van der Waals surface area contributed by atoms with Gasteiger partial charge >= 0.3 is 6.03 Å². The molecule has 0 unspecified atom stereocenters. The van der Waals surface area contributed by atoms with E-state index in [2.05, 4.69) is 16.0 Å². The highest BCUT2D eigenvalue weighted by atomic mass is 35.5. The van der Waals surface area contributed by atoms with Crippen molar-refractivity contribution < 1.29 is 9.59 Å². The molecule has 5 nitrogen and oxygen atoms in total. The molecule has 0 rings (SSSR count). The monoisotopic (exact) mass is 269 g/mol. The zero-order chi connectivity index (χ0) is 12.4. The summed E-state index contributed by atoms with van der Waals surface area (Å²) in [7, 11) is 1.57. The normalized spacial score (nSPS) is 10.0. The van der Waals surface area contributed by atoms with Gasteiger partial charge in [-0.3, -0.25) is 4.79 Å². The molecule has 0 spiro atoms. The van der Waals surface area contributed by atoms with E-state index in [1.165, 1.54) is 0 Å². The molecule has 0 radical (unpaired) electrons. The second-order valence-corrected chi connectivity index (χ2v) is 4.25. The molecular formula is C9H17Cl2N3O2. The van der Waals surface area contributed by atoms with Crippen molar-refractivity contribution in [1.82, 2.24) is 16.0 Å². The van der Waals surface area contributed by atoms with Crippen LogP contribution in [0.1, 0.15) is 19.3 Å². The molecular weight excluding hydrogens is 253 g/mol. The quantitative estimate of drug-likeness (QED) is 0.477. The van der Waals surface area contributed by atoms with E-state index in [1.807, 2.05) is 0 Å². The Morgan fingerprint density at radius 3 is 2.12 bits per heavy atom. The second kappa shape index (κ2) is 9.54. The minimum atomic E-state index is -1.00. The van der Waals surface area contributed by atoms with Crippen LogP contribution in [0.3, 0.4) is 0 Å². The van der Waals surface area contributed by atoms with Gasteiger partial charge < -0.3 is 16.0 Å². The molecule has 3 N–H and O–H groups in total. The predicted octanol–water partition coefficient (Wildman–Crippen LogP) is 1.01. The molecule has 0 atom stereocenters. The van der Waals surface area contributed by atoms with Crippen LogP contribution in [-0.2, 0) is 4.79 Å². The molecule has 94 valence electrons. The van der Waals surface area contributed by atoms with Crippen molar-refractivity contribution in [2.45, 2.75) is 24.1 Å². The summed E-state index contributed by atoms with van der Waals surface area (Å²) < 4.78 is 0. The lowest BCUT2D eigenvalue weighted by Crippen LogP contribution is -2.33. The van der Waals surface area contributed by atoms with E-state index in [4.69, 9.17) is 23.2 Å². The third kappa shape index (κ3) is 8.61. The number of carbonyl (C=O) groups excluding carboxylic acids is 2. The Morgan fingerprint density at radius 2 is 1.62 bits per heavy atom. The molecule has 0 aliphatic carbocycles. The first kappa shape index (κ1) is 15.3. The van der Waals surface area contributed by atoms with Crippen LogP contribution in [-0.4, -0.2) is 36.9 Å². The highest BCUT2D eigenvalue weighted by Crippen LogP contribution is 2.00. The Balaban J connectivity index is 3.22. The van der Waals surface area contributed by atoms with Gasteiger partial charge in [0, 0.05) is 20.1 Å². The summed E-state index contributed by atoms with van der Waals surface area (Å²) in [6.45, 7) is 1.18. The number of halogens is 2. The van der Waals surface area contributed by atoms with Gasteiger partial charge in [0.05, 0.1) is 0 Å². The average molecular weight is 270 g/mol. The molecule has 0 saturated heterocycles. The fourth-order valence-corrected chi connectivity index (χ4v) is 1.16. The first-order valence-electron chi connectivity index (χ1n) is 5.09. The van der Waals surface area contributed by atoms with Crippen molar-refractivity contribution in [3.05, 3.63) is 0 Å². The van der Waals surface area contributed by atoms with Gasteiger partial charge in [-0.05, 0) is 19.3 Å². The van der Waals surface area contributed by atoms with Crippen LogP contribution in [0.25, 0.3) is 0 Å². The van der Waals surface area contributed by atoms with Crippen LogP contribution < -0.4 is 16.0 Å². The van der Waals surface area contributed by atoms with Gasteiger partial charge in [-0.2, -0.15) is 0 Å². The lowest BCUT2D eigenvalue weighted by molar-refractivity contribution is -0.119. The lowest BCUT2D eigenvalue weighted by Gasteiger charge is -2.06. The summed E-state index contributed by atoms with van der Waals surface area (Å²) in [4.78, 5) is 20.7. The predicted molar refractivity (Wildman–Crippen MR) is 64.8 cm³/mol. The van der Waals surface area contributed by atoms with E-state index in [-0.39, 0.29) is 11.9 Å². The zero-order valence-electron chi connectivity index (χ0n) is 9.19. The average Bonchev–Trinajstić information content (AvgIpc) is 2.26. The Labute approximate surface area is 105 Å². The van der Waals surface area contributed by atoms with Crippen LogP contribution >= 0.6 is 23.2 Å². The van der Waals surface area contributed by atoms with Crippen molar-refractivity contribution >= 4 is 35.1 Å². The molecule has 0 heterocycles. The van der Waals surface area contributed by atoms with Crippen molar-refractivity contribution in [2.24, 2.45) is 0 Å². The maximum absolute atomic E-state index is 10.9. The Hall–Kier alpha value is -0.680. The van der Waals surface area contributed by atoms with E-state index >= 15 is 0 Å². The van der Waals surface area contributed by atoms with E-state index < -0.39 is 4.84 Å². The summed E-state index contributed by atoms with van der Waals surface area (Å²) in [5, 5.41) is 7.72. The summed E-state index contributed by atoms with van der Waals surface area (Å²) in [6, 6.07) is -0.180. The molecule has 0 aromatic rings. The van der Waals surface area contributed by atoms with Crippen LogP contribution in [0.2, 0.25) is 0 Å². The molecule has 0 fully saturated rings. The number of hydrogen-bond acceptors (Lipinski definition) is 2. The maximum Gasteiger partial charge on any atom is 0.314 e. The minimum absolute atomic E-state index is 0.180. The number of unbranched alkanes of at least 4 members (excludes halogenated alkanes) is 2. The number of alkyl halides is 2. The highest BCUT2D eigenvalue weighted by molar-refractivity contribution is 6.53. The van der Waals surface area contributed by atoms with Crippen LogP contribution in [0.15, 0.2) is 0 Å². The third-order valence-electron chi connectivity index (χ3n) is 1.86. The largest absolute Gasteiger partial charge is 0.354 e. The second-order valence-electron chi connectivity index (χ2n) is 3.16. The molecule has 0 bridgehead atoms. The first-order valence-corrected chi connectivity index (χ1v) is 5.96. The fourth-order valence-electron chi connectivity index (χ4n) is 1.01. The molecule has 7 heteroatoms. The molecule has 0 aliphatic heterocycles. The minimum Gasteiger partial charge on any atom is -0.354 e. The summed E-state index contributed by atoms with van der Waals surface area (Å²) in [6.07, 6.45) is 2.62. The van der Waals surface area contributed by atoms with Crippen molar-refractivity contribution in [1.29, 1.82) is 0 Å². The Morgan fingerprint density at radius 1 is 1.06 bits per heavy atom. The highest BCUT2D eigenvalue weighted by Gasteiger charge is 2.09. The number of amides is 3. The zero-order valence-corrected chi connectivity index (χ0v) is 10.7. The number of carbonyl (C=O) groups is 2. The van der Waals surface area contributed by atoms with E-state index in [0.29, 0.717) is 13.1 Å². The molecule has 16 heavy (non-hydrogen) atoms. The molecule has 0 aliphatic rings. The third-order valence-corrected chi connectivity index (χ3v) is 2.26. The molecule has 0 aromatic heterocycles. The van der Waals surface area contributed by atoms with Crippen molar-refractivity contribution in [3.8, 4) is 0 Å². The lowest BCUT2D eigenvalue weighted by atomic mass is 10.2. The maximum atomic E-state index is 10.9. The van der Waals surface area contributed by atoms with Gasteiger partial charge in [-0.1, -0.05) is 23.2 Å². The molecule has 0 saturated carbocycles. The van der Waals surface area contributed by atoms with Gasteiger partial charge in [0.25, 0.3) is 5.91 Å². The number of rotatable bonds is 7. The number of urea groups is 1. The molecule has 0 aromatic carbocycles. The van der Waals surface area contributed by atoms with Gasteiger partial charge in [0.15, 0.2) is 4.84 Å². The summed E-state index contributed by atoms with van der Waals surface area (Å²) in [5.74, 6) is -0.369. The van der Waals surface area contributed by atoms with E-state index in [0.717, 1.165) is 19.3 Å². The SMILES string of the molecule is CNC(=O)NCCCCCNC(=O)C(Cl)Cl. The van der Waals surface area contributed by atoms with E-state index in [1.54, 1.807) is 7.05 Å². The topological polar surface area (TPSA) is 70.2 Å². The summed E-state index contributed by atoms with van der Waals surface area (Å²) >= 11 is 10.7. The van der Waals surface area contributed by atoms with Crippen LogP contribution in [0.4, 0.5) is 4.79 Å². The standard InChI is InChI=1S/C9H17Cl2N3O2/c1-12-9(16)14-6-4-2-3-5-13-8(15)7(10)11/h7H,2-6H2,1H3,(H,13,15)(H2,12,14,16). The summed E-state index contributed by atoms with van der Waals surface area (Å²) in [5.41, 5.74) is 0. The van der Waals surface area contributed by atoms with Gasteiger partial charge in [0.2, 0.25) is 0 Å². The Kier molecular flexibility index (Phi) is 9.13. The van der Waals surface area contributed by atoms with E-state index in [9.17, 15) is 9.59 Å². The van der Waals surface area contributed by atoms with Gasteiger partial charge in [-0.25, -0.2) is 4.79 Å². The molecule has 3 amide bonds. The number of nitrogens with one attached hydrogen (secondary N) is 3. The Bertz CT molecular complexity index is 225.